The Morgan fingerprint density at radius 3 is 2.68 bits per heavy atom. The molecule has 1 N–H and O–H groups in total. The van der Waals surface area contributed by atoms with Gasteiger partial charge in [-0.2, -0.15) is 17.0 Å². The smallest absolute Gasteiger partial charge is 0.282 e. The van der Waals surface area contributed by atoms with Crippen molar-refractivity contribution in [3.8, 4) is 0 Å². The van der Waals surface area contributed by atoms with Gasteiger partial charge in [0.05, 0.1) is 6.04 Å². The van der Waals surface area contributed by atoms with Gasteiger partial charge in [0, 0.05) is 31.5 Å². The third kappa shape index (κ3) is 2.68. The van der Waals surface area contributed by atoms with Crippen LogP contribution in [0, 0.1) is 6.92 Å². The van der Waals surface area contributed by atoms with Crippen molar-refractivity contribution in [3.05, 3.63) is 17.7 Å². The molecular weight excluding hydrogens is 264 g/mol. The maximum atomic E-state index is 12.6. The van der Waals surface area contributed by atoms with Crippen molar-refractivity contribution < 1.29 is 8.42 Å². The van der Waals surface area contributed by atoms with Gasteiger partial charge in [0.1, 0.15) is 5.82 Å². The molecule has 2 rings (SSSR count). The van der Waals surface area contributed by atoms with Gasteiger partial charge < -0.3 is 4.98 Å². The molecule has 1 aromatic heterocycles. The Kier molecular flexibility index (Phi) is 4.27. The highest BCUT2D eigenvalue weighted by atomic mass is 32.2. The summed E-state index contributed by atoms with van der Waals surface area (Å²) in [6.45, 7) is 7.22. The average molecular weight is 286 g/mol. The fraction of sp³-hybridized carbons (Fsp3) is 0.750. The zero-order valence-electron chi connectivity index (χ0n) is 11.8. The molecule has 108 valence electrons. The molecule has 2 heterocycles. The summed E-state index contributed by atoms with van der Waals surface area (Å²) in [5.74, 6) is 0.755. The predicted octanol–water partition coefficient (Wildman–Crippen LogP) is 1.44. The number of H-pyrrole nitrogens is 1. The van der Waals surface area contributed by atoms with E-state index >= 15 is 0 Å². The number of hydrogen-bond donors (Lipinski definition) is 1. The van der Waals surface area contributed by atoms with E-state index in [1.54, 1.807) is 10.5 Å². The summed E-state index contributed by atoms with van der Waals surface area (Å²) in [5.41, 5.74) is 0.960. The molecule has 0 radical (unpaired) electrons. The van der Waals surface area contributed by atoms with Crippen LogP contribution < -0.4 is 0 Å². The number of hydrogen-bond acceptors (Lipinski definition) is 3. The van der Waals surface area contributed by atoms with Crippen LogP contribution in [-0.2, 0) is 10.2 Å². The van der Waals surface area contributed by atoms with E-state index in [4.69, 9.17) is 0 Å². The van der Waals surface area contributed by atoms with Crippen molar-refractivity contribution in [2.75, 3.05) is 19.6 Å². The van der Waals surface area contributed by atoms with E-state index in [9.17, 15) is 8.42 Å². The third-order valence-corrected chi connectivity index (χ3v) is 5.77. The zero-order valence-corrected chi connectivity index (χ0v) is 12.6. The van der Waals surface area contributed by atoms with E-state index in [1.165, 1.54) is 4.31 Å². The van der Waals surface area contributed by atoms with E-state index < -0.39 is 10.2 Å². The van der Waals surface area contributed by atoms with E-state index in [1.807, 2.05) is 20.8 Å². The first-order valence-corrected chi connectivity index (χ1v) is 8.18. The first-order chi connectivity index (χ1) is 9.00. The highest BCUT2D eigenvalue weighted by Crippen LogP contribution is 2.33. The summed E-state index contributed by atoms with van der Waals surface area (Å²) in [7, 11) is -3.38. The maximum absolute atomic E-state index is 12.6. The molecule has 1 aliphatic rings. The van der Waals surface area contributed by atoms with Crippen LogP contribution in [0.25, 0.3) is 0 Å². The van der Waals surface area contributed by atoms with Crippen LogP contribution in [0.4, 0.5) is 0 Å². The molecule has 19 heavy (non-hydrogen) atoms. The van der Waals surface area contributed by atoms with Crippen LogP contribution in [-0.4, -0.2) is 46.6 Å². The number of nitrogens with one attached hydrogen (secondary N) is 1. The van der Waals surface area contributed by atoms with Gasteiger partial charge >= 0.3 is 0 Å². The quantitative estimate of drug-likeness (QED) is 0.890. The van der Waals surface area contributed by atoms with Crippen LogP contribution in [0.5, 0.6) is 0 Å². The lowest BCUT2D eigenvalue weighted by molar-refractivity contribution is 0.332. The number of rotatable bonds is 5. The largest absolute Gasteiger partial charge is 0.345 e. The molecule has 0 bridgehead atoms. The van der Waals surface area contributed by atoms with Gasteiger partial charge in [-0.1, -0.05) is 13.8 Å². The van der Waals surface area contributed by atoms with E-state index in [0.29, 0.717) is 19.6 Å². The number of imidazole rings is 1. The Morgan fingerprint density at radius 1 is 1.47 bits per heavy atom. The second kappa shape index (κ2) is 5.60. The molecule has 0 unspecified atom stereocenters. The second-order valence-electron chi connectivity index (χ2n) is 4.81. The van der Waals surface area contributed by atoms with Gasteiger partial charge in [-0.3, -0.25) is 0 Å². The summed E-state index contributed by atoms with van der Waals surface area (Å²) in [5, 5.41) is 0. The van der Waals surface area contributed by atoms with Crippen molar-refractivity contribution in [3.63, 3.8) is 0 Å². The molecule has 0 saturated carbocycles. The third-order valence-electron chi connectivity index (χ3n) is 3.57. The lowest BCUT2D eigenvalue weighted by Gasteiger charge is -2.28. The maximum Gasteiger partial charge on any atom is 0.282 e. The molecule has 0 aliphatic carbocycles. The molecule has 0 aromatic carbocycles. The topological polar surface area (TPSA) is 69.3 Å². The Hall–Kier alpha value is -0.920. The summed E-state index contributed by atoms with van der Waals surface area (Å²) in [4.78, 5) is 7.45. The fourth-order valence-corrected chi connectivity index (χ4v) is 4.43. The Balaban J connectivity index is 2.28. The van der Waals surface area contributed by atoms with E-state index in [-0.39, 0.29) is 6.04 Å². The molecule has 0 amide bonds. The van der Waals surface area contributed by atoms with Gasteiger partial charge in [0.15, 0.2) is 0 Å². The lowest BCUT2D eigenvalue weighted by Crippen LogP contribution is -2.43. The monoisotopic (exact) mass is 286 g/mol. The van der Waals surface area contributed by atoms with E-state index in [2.05, 4.69) is 9.97 Å². The second-order valence-corrected chi connectivity index (χ2v) is 6.69. The van der Waals surface area contributed by atoms with Gasteiger partial charge in [-0.05, 0) is 19.8 Å². The molecule has 6 nitrogen and oxygen atoms in total. The first kappa shape index (κ1) is 14.5. The Morgan fingerprint density at radius 2 is 2.16 bits per heavy atom. The van der Waals surface area contributed by atoms with Gasteiger partial charge in [-0.15, -0.1) is 0 Å². The lowest BCUT2D eigenvalue weighted by atomic mass is 10.2. The van der Waals surface area contributed by atoms with Crippen LogP contribution in [0.2, 0.25) is 0 Å². The molecule has 1 saturated heterocycles. The van der Waals surface area contributed by atoms with Crippen molar-refractivity contribution in [1.29, 1.82) is 0 Å². The molecule has 1 atom stereocenters. The standard InChI is InChI=1S/C12H22N4O2S/c1-4-15(5-2)19(17,18)16-8-6-7-11(16)12-13-9-10(3)14-12/h9,11H,4-8H2,1-3H3,(H,13,14)/t11-/m0/s1. The predicted molar refractivity (Wildman–Crippen MR) is 73.8 cm³/mol. The van der Waals surface area contributed by atoms with Crippen LogP contribution in [0.15, 0.2) is 6.20 Å². The minimum atomic E-state index is -3.38. The van der Waals surface area contributed by atoms with Crippen molar-refractivity contribution in [2.45, 2.75) is 39.7 Å². The normalized spacial score (nSPS) is 21.4. The minimum absolute atomic E-state index is 0.153. The van der Waals surface area contributed by atoms with Crippen LogP contribution in [0.3, 0.4) is 0 Å². The minimum Gasteiger partial charge on any atom is -0.345 e. The van der Waals surface area contributed by atoms with Crippen molar-refractivity contribution in [2.24, 2.45) is 0 Å². The van der Waals surface area contributed by atoms with Crippen molar-refractivity contribution >= 4 is 10.2 Å². The number of nitrogens with zero attached hydrogens (tertiary/aromatic N) is 3. The summed E-state index contributed by atoms with van der Waals surface area (Å²) >= 11 is 0. The fourth-order valence-electron chi connectivity index (χ4n) is 2.59. The molecule has 1 aromatic rings. The first-order valence-electron chi connectivity index (χ1n) is 6.79. The number of aromatic amines is 1. The van der Waals surface area contributed by atoms with Crippen molar-refractivity contribution in [1.82, 2.24) is 18.6 Å². The Bertz CT molecular complexity index is 522. The molecule has 1 aliphatic heterocycles. The van der Waals surface area contributed by atoms with Crippen LogP contribution in [0.1, 0.15) is 44.2 Å². The highest BCUT2D eigenvalue weighted by molar-refractivity contribution is 7.86. The van der Waals surface area contributed by atoms with E-state index in [0.717, 1.165) is 24.4 Å². The SMILES string of the molecule is CCN(CC)S(=O)(=O)N1CCC[C@H]1c1ncc(C)[nH]1. The Labute approximate surface area is 115 Å². The molecule has 1 fully saturated rings. The summed E-state index contributed by atoms with van der Waals surface area (Å²) < 4.78 is 28.3. The summed E-state index contributed by atoms with van der Waals surface area (Å²) in [6.07, 6.45) is 3.45. The molecule has 0 spiro atoms. The van der Waals surface area contributed by atoms with Crippen LogP contribution >= 0.6 is 0 Å². The highest BCUT2D eigenvalue weighted by Gasteiger charge is 2.39. The summed E-state index contributed by atoms with van der Waals surface area (Å²) in [6, 6.07) is -0.153. The number of aryl methyl sites for hydroxylation is 1. The van der Waals surface area contributed by atoms with Gasteiger partial charge in [0.2, 0.25) is 0 Å². The molecular formula is C12H22N4O2S. The molecule has 7 heteroatoms. The van der Waals surface area contributed by atoms with Gasteiger partial charge in [-0.25, -0.2) is 4.98 Å². The number of aromatic nitrogens is 2. The van der Waals surface area contributed by atoms with Gasteiger partial charge in [0.25, 0.3) is 10.2 Å². The zero-order chi connectivity index (χ0) is 14.0. The average Bonchev–Trinajstić information content (AvgIpc) is 2.98.